The number of fused-ring (bicyclic) bond motifs is 2. The Hall–Kier alpha value is -1.57. The van der Waals surface area contributed by atoms with Crippen LogP contribution in [0.25, 0.3) is 0 Å². The number of anilines is 1. The van der Waals surface area contributed by atoms with E-state index in [1.165, 1.54) is 18.4 Å². The van der Waals surface area contributed by atoms with Gasteiger partial charge in [0.2, 0.25) is 5.91 Å². The van der Waals surface area contributed by atoms with Gasteiger partial charge in [-0.2, -0.15) is 0 Å². The Morgan fingerprint density at radius 1 is 1.17 bits per heavy atom. The van der Waals surface area contributed by atoms with Crippen molar-refractivity contribution in [3.05, 3.63) is 42.0 Å². The lowest BCUT2D eigenvalue weighted by atomic mass is 9.65. The molecular formula is C16H17NO. The Morgan fingerprint density at radius 3 is 2.61 bits per heavy atom. The van der Waals surface area contributed by atoms with Crippen LogP contribution < -0.4 is 4.90 Å². The quantitative estimate of drug-likeness (QED) is 0.637. The summed E-state index contributed by atoms with van der Waals surface area (Å²) in [7, 11) is 0. The topological polar surface area (TPSA) is 20.3 Å². The van der Waals surface area contributed by atoms with Gasteiger partial charge in [0.15, 0.2) is 0 Å². The van der Waals surface area contributed by atoms with Crippen molar-refractivity contribution in [2.24, 2.45) is 11.8 Å². The first-order chi connectivity index (χ1) is 8.77. The number of nitrogens with zero attached hydrogens (tertiary/aromatic N) is 1. The van der Waals surface area contributed by atoms with Crippen molar-refractivity contribution in [1.29, 1.82) is 0 Å². The number of carbonyl (C=O) groups is 1. The predicted molar refractivity (Wildman–Crippen MR) is 71.5 cm³/mol. The lowest BCUT2D eigenvalue weighted by Crippen LogP contribution is -2.48. The van der Waals surface area contributed by atoms with Crippen LogP contribution in [0.1, 0.15) is 31.2 Å². The molecule has 0 spiro atoms. The molecule has 1 amide bonds. The van der Waals surface area contributed by atoms with Crippen LogP contribution in [0, 0.1) is 11.8 Å². The van der Waals surface area contributed by atoms with E-state index in [1.54, 1.807) is 6.92 Å². The highest BCUT2D eigenvalue weighted by Gasteiger charge is 2.50. The molecule has 0 radical (unpaired) electrons. The van der Waals surface area contributed by atoms with Gasteiger partial charge in [-0.1, -0.05) is 30.4 Å². The molecule has 1 aromatic carbocycles. The third-order valence-corrected chi connectivity index (χ3v) is 4.90. The zero-order valence-electron chi connectivity index (χ0n) is 10.5. The van der Waals surface area contributed by atoms with E-state index in [9.17, 15) is 4.79 Å². The fourth-order valence-corrected chi connectivity index (χ4v) is 4.26. The van der Waals surface area contributed by atoms with E-state index < -0.39 is 0 Å². The van der Waals surface area contributed by atoms with E-state index in [0.717, 1.165) is 5.69 Å². The molecule has 4 atom stereocenters. The summed E-state index contributed by atoms with van der Waals surface area (Å²) >= 11 is 0. The first kappa shape index (κ1) is 10.4. The summed E-state index contributed by atoms with van der Waals surface area (Å²) in [6.45, 7) is 1.70. The summed E-state index contributed by atoms with van der Waals surface area (Å²) < 4.78 is 0. The third-order valence-electron chi connectivity index (χ3n) is 4.90. The molecule has 1 aliphatic heterocycles. The SMILES string of the molecule is CC(=O)N1c2ccccc2[C@@H]2C3C=CC(CC3)[C@@H]21. The van der Waals surface area contributed by atoms with Crippen LogP contribution in [0.3, 0.4) is 0 Å². The molecule has 18 heavy (non-hydrogen) atoms. The number of rotatable bonds is 0. The minimum Gasteiger partial charge on any atom is -0.308 e. The van der Waals surface area contributed by atoms with Crippen molar-refractivity contribution in [3.8, 4) is 0 Å². The molecule has 0 aromatic heterocycles. The summed E-state index contributed by atoms with van der Waals surface area (Å²) in [5.41, 5.74) is 2.54. The maximum Gasteiger partial charge on any atom is 0.224 e. The van der Waals surface area contributed by atoms with Crippen molar-refractivity contribution in [3.63, 3.8) is 0 Å². The maximum absolute atomic E-state index is 12.0. The molecule has 0 saturated heterocycles. The molecule has 1 fully saturated rings. The van der Waals surface area contributed by atoms with Crippen molar-refractivity contribution in [2.75, 3.05) is 4.90 Å². The molecule has 3 aliphatic carbocycles. The van der Waals surface area contributed by atoms with E-state index >= 15 is 0 Å². The Balaban J connectivity index is 1.92. The van der Waals surface area contributed by atoms with E-state index in [2.05, 4.69) is 35.3 Å². The van der Waals surface area contributed by atoms with Gasteiger partial charge in [-0.15, -0.1) is 0 Å². The highest BCUT2D eigenvalue weighted by Crippen LogP contribution is 2.55. The molecule has 1 heterocycles. The van der Waals surface area contributed by atoms with Crippen molar-refractivity contribution in [2.45, 2.75) is 31.7 Å². The Kier molecular flexibility index (Phi) is 2.00. The molecule has 4 aliphatic rings. The van der Waals surface area contributed by atoms with Gasteiger partial charge >= 0.3 is 0 Å². The lowest BCUT2D eigenvalue weighted by molar-refractivity contribution is -0.117. The summed E-state index contributed by atoms with van der Waals surface area (Å²) in [6.07, 6.45) is 7.25. The fraction of sp³-hybridized carbons (Fsp3) is 0.438. The standard InChI is InChI=1S/C16H17NO/c1-10(18)17-14-5-3-2-4-13(14)15-11-6-8-12(9-7-11)16(15)17/h2-6,8,11-12,15-16H,7,9H2,1H3/t11?,12?,15-,16-/m0/s1. The van der Waals surface area contributed by atoms with Crippen molar-refractivity contribution in [1.82, 2.24) is 0 Å². The highest BCUT2D eigenvalue weighted by molar-refractivity contribution is 5.95. The Labute approximate surface area is 107 Å². The van der Waals surface area contributed by atoms with Gasteiger partial charge in [0, 0.05) is 18.5 Å². The zero-order chi connectivity index (χ0) is 12.3. The second-order valence-corrected chi connectivity index (χ2v) is 5.75. The second-order valence-electron chi connectivity index (χ2n) is 5.75. The highest BCUT2D eigenvalue weighted by atomic mass is 16.2. The van der Waals surface area contributed by atoms with Crippen molar-refractivity contribution >= 4 is 11.6 Å². The average molecular weight is 239 g/mol. The molecule has 1 saturated carbocycles. The maximum atomic E-state index is 12.0. The van der Waals surface area contributed by atoms with Gasteiger partial charge < -0.3 is 4.90 Å². The number of hydrogen-bond donors (Lipinski definition) is 0. The average Bonchev–Trinajstić information content (AvgIpc) is 2.77. The molecular weight excluding hydrogens is 222 g/mol. The van der Waals surface area contributed by atoms with Gasteiger partial charge in [-0.3, -0.25) is 4.79 Å². The van der Waals surface area contributed by atoms with Crippen LogP contribution in [0.15, 0.2) is 36.4 Å². The molecule has 2 nitrogen and oxygen atoms in total. The monoisotopic (exact) mass is 239 g/mol. The summed E-state index contributed by atoms with van der Waals surface area (Å²) in [5, 5.41) is 0. The number of amides is 1. The first-order valence-electron chi connectivity index (χ1n) is 6.84. The minimum absolute atomic E-state index is 0.191. The van der Waals surface area contributed by atoms with Crippen LogP contribution in [0.5, 0.6) is 0 Å². The van der Waals surface area contributed by atoms with Gasteiger partial charge in [0.05, 0.1) is 6.04 Å². The zero-order valence-corrected chi connectivity index (χ0v) is 10.5. The Bertz CT molecular complexity index is 548. The number of para-hydroxylation sites is 1. The Morgan fingerprint density at radius 2 is 1.89 bits per heavy atom. The van der Waals surface area contributed by atoms with Crippen molar-refractivity contribution < 1.29 is 4.79 Å². The number of benzene rings is 1. The van der Waals surface area contributed by atoms with Crippen LogP contribution in [-0.4, -0.2) is 11.9 Å². The third kappa shape index (κ3) is 1.16. The first-order valence-corrected chi connectivity index (χ1v) is 6.84. The molecule has 2 heteroatoms. The number of hydrogen-bond acceptors (Lipinski definition) is 1. The molecule has 92 valence electrons. The lowest BCUT2D eigenvalue weighted by Gasteiger charge is -2.44. The number of carbonyl (C=O) groups excluding carboxylic acids is 1. The second kappa shape index (κ2) is 3.47. The van der Waals surface area contributed by atoms with Crippen LogP contribution in [0.4, 0.5) is 5.69 Å². The van der Waals surface area contributed by atoms with Crippen LogP contribution >= 0.6 is 0 Å². The largest absolute Gasteiger partial charge is 0.308 e. The van der Waals surface area contributed by atoms with E-state index in [4.69, 9.17) is 0 Å². The van der Waals surface area contributed by atoms with Gasteiger partial charge in [-0.25, -0.2) is 0 Å². The van der Waals surface area contributed by atoms with Gasteiger partial charge in [-0.05, 0) is 36.3 Å². The fourth-order valence-electron chi connectivity index (χ4n) is 4.26. The molecule has 1 aromatic rings. The molecule has 0 N–H and O–H groups in total. The van der Waals surface area contributed by atoms with E-state index in [1.807, 2.05) is 6.07 Å². The van der Waals surface area contributed by atoms with E-state index in [-0.39, 0.29) is 5.91 Å². The van der Waals surface area contributed by atoms with E-state index in [0.29, 0.717) is 23.8 Å². The number of allylic oxidation sites excluding steroid dienone is 1. The summed E-state index contributed by atoms with van der Waals surface area (Å²) in [5.74, 6) is 1.91. The molecule has 5 rings (SSSR count). The normalized spacial score (nSPS) is 35.5. The summed E-state index contributed by atoms with van der Waals surface area (Å²) in [4.78, 5) is 14.1. The van der Waals surface area contributed by atoms with Crippen LogP contribution in [-0.2, 0) is 4.79 Å². The smallest absolute Gasteiger partial charge is 0.224 e. The molecule has 2 unspecified atom stereocenters. The van der Waals surface area contributed by atoms with Crippen LogP contribution in [0.2, 0.25) is 0 Å². The predicted octanol–water partition coefficient (Wildman–Crippen LogP) is 3.10. The minimum atomic E-state index is 0.191. The van der Waals surface area contributed by atoms with Gasteiger partial charge in [0.25, 0.3) is 0 Å². The van der Waals surface area contributed by atoms with Gasteiger partial charge in [0.1, 0.15) is 0 Å². The molecule has 2 bridgehead atoms. The summed E-state index contributed by atoms with van der Waals surface area (Å²) in [6, 6.07) is 8.84.